The summed E-state index contributed by atoms with van der Waals surface area (Å²) < 4.78 is 54.2. The van der Waals surface area contributed by atoms with Crippen molar-refractivity contribution in [3.8, 4) is 0 Å². The average molecular weight is 524 g/mol. The number of hydrogen-bond donors (Lipinski definition) is 4. The largest absolute Gasteiger partial charge is 0.395 e. The number of rotatable bonds is 10. The molecule has 3 rings (SSSR count). The molecule has 0 aliphatic carbocycles. The number of carbonyl (C=O) groups is 1. The maximum atomic E-state index is 12.7. The van der Waals surface area contributed by atoms with E-state index in [4.69, 9.17) is 5.11 Å². The molecule has 14 heteroatoms. The van der Waals surface area contributed by atoms with E-state index in [1.165, 1.54) is 42.7 Å². The summed E-state index contributed by atoms with van der Waals surface area (Å²) in [4.78, 5) is 16.6. The van der Waals surface area contributed by atoms with Gasteiger partial charge in [0, 0.05) is 12.7 Å². The van der Waals surface area contributed by atoms with Crippen molar-refractivity contribution in [3.05, 3.63) is 71.4 Å². The Morgan fingerprint density at radius 1 is 1.12 bits per heavy atom. The molecule has 0 spiro atoms. The summed E-state index contributed by atoms with van der Waals surface area (Å²) in [6, 6.07) is 10.3. The molecule has 180 valence electrons. The first-order chi connectivity index (χ1) is 16.1. The van der Waals surface area contributed by atoms with E-state index >= 15 is 0 Å². The van der Waals surface area contributed by atoms with Gasteiger partial charge in [-0.2, -0.15) is 5.10 Å². The Morgan fingerprint density at radius 2 is 1.91 bits per heavy atom. The van der Waals surface area contributed by atoms with E-state index < -0.39 is 26.0 Å². The Balaban J connectivity index is 1.79. The number of thiophene rings is 1. The van der Waals surface area contributed by atoms with E-state index in [0.717, 1.165) is 11.3 Å². The van der Waals surface area contributed by atoms with Gasteiger partial charge in [0.2, 0.25) is 10.0 Å². The first-order valence-corrected chi connectivity index (χ1v) is 13.5. The fourth-order valence-corrected chi connectivity index (χ4v) is 5.82. The summed E-state index contributed by atoms with van der Waals surface area (Å²) in [7, 11) is -7.71. The number of amides is 1. The highest BCUT2D eigenvalue weighted by Gasteiger charge is 2.20. The fourth-order valence-electron chi connectivity index (χ4n) is 2.70. The molecule has 2 heterocycles. The second kappa shape index (κ2) is 10.8. The van der Waals surface area contributed by atoms with Gasteiger partial charge in [-0.05, 0) is 42.1 Å². The van der Waals surface area contributed by atoms with Crippen molar-refractivity contribution >= 4 is 48.7 Å². The number of nitrogens with one attached hydrogen (secondary N) is 3. The third-order valence-corrected chi connectivity index (χ3v) is 8.58. The molecule has 2 aromatic heterocycles. The van der Waals surface area contributed by atoms with Crippen molar-refractivity contribution in [2.24, 2.45) is 5.10 Å². The van der Waals surface area contributed by atoms with Crippen LogP contribution in [0.5, 0.6) is 0 Å². The molecule has 0 aliphatic rings. The number of aliphatic hydroxyl groups excluding tert-OH is 1. The van der Waals surface area contributed by atoms with Crippen LogP contribution in [0.4, 0.5) is 5.69 Å². The minimum Gasteiger partial charge on any atom is -0.395 e. The van der Waals surface area contributed by atoms with Crippen LogP contribution in [0, 0.1) is 0 Å². The summed E-state index contributed by atoms with van der Waals surface area (Å²) in [5.41, 5.74) is 3.05. The minimum atomic E-state index is -3.89. The highest BCUT2D eigenvalue weighted by atomic mass is 32.2. The number of sulfonamides is 2. The van der Waals surface area contributed by atoms with E-state index in [-0.39, 0.29) is 33.5 Å². The summed E-state index contributed by atoms with van der Waals surface area (Å²) >= 11 is 1.03. The molecule has 4 N–H and O–H groups in total. The summed E-state index contributed by atoms with van der Waals surface area (Å²) in [5.74, 6) is -0.695. The fraction of sp³-hybridized carbons (Fsp3) is 0.150. The van der Waals surface area contributed by atoms with Crippen molar-refractivity contribution in [1.82, 2.24) is 15.1 Å². The molecule has 0 saturated heterocycles. The van der Waals surface area contributed by atoms with Crippen LogP contribution in [0.3, 0.4) is 0 Å². The molecule has 1 amide bonds. The molecular formula is C20H21N5O6S3. The molecule has 0 saturated carbocycles. The molecule has 3 aromatic rings. The highest BCUT2D eigenvalue weighted by Crippen LogP contribution is 2.22. The van der Waals surface area contributed by atoms with Gasteiger partial charge in [0.05, 0.1) is 34.7 Å². The van der Waals surface area contributed by atoms with Crippen LogP contribution in [-0.4, -0.2) is 51.7 Å². The summed E-state index contributed by atoms with van der Waals surface area (Å²) in [6.07, 6.45) is 2.55. The zero-order chi connectivity index (χ0) is 24.8. The van der Waals surface area contributed by atoms with Gasteiger partial charge >= 0.3 is 0 Å². The van der Waals surface area contributed by atoms with Gasteiger partial charge in [0.1, 0.15) is 4.21 Å². The molecule has 1 aromatic carbocycles. The molecule has 0 unspecified atom stereocenters. The Labute approximate surface area is 200 Å². The number of pyridine rings is 1. The first-order valence-electron chi connectivity index (χ1n) is 9.70. The third-order valence-electron chi connectivity index (χ3n) is 4.36. The number of hydrazone groups is 1. The average Bonchev–Trinajstić information content (AvgIpc) is 3.37. The number of nitrogens with zero attached hydrogens (tertiary/aromatic N) is 2. The van der Waals surface area contributed by atoms with E-state index in [1.54, 1.807) is 24.4 Å². The van der Waals surface area contributed by atoms with Crippen LogP contribution in [-0.2, 0) is 20.0 Å². The molecule has 11 nitrogen and oxygen atoms in total. The molecular weight excluding hydrogens is 502 g/mol. The molecule has 0 radical (unpaired) electrons. The lowest BCUT2D eigenvalue weighted by Crippen LogP contribution is -2.26. The topological polar surface area (TPSA) is 167 Å². The number of carbonyl (C=O) groups excluding carboxylic acids is 1. The van der Waals surface area contributed by atoms with Crippen molar-refractivity contribution < 1.29 is 26.7 Å². The maximum Gasteiger partial charge on any atom is 0.273 e. The SMILES string of the molecule is C/C(=N\NC(=O)c1ccncc1NS(=O)(=O)c1cccs1)c1cccc(S(=O)(=O)NCCO)c1. The van der Waals surface area contributed by atoms with E-state index in [0.29, 0.717) is 11.3 Å². The number of anilines is 1. The van der Waals surface area contributed by atoms with Gasteiger partial charge < -0.3 is 5.11 Å². The zero-order valence-electron chi connectivity index (χ0n) is 17.8. The molecule has 0 bridgehead atoms. The van der Waals surface area contributed by atoms with Crippen molar-refractivity contribution in [3.63, 3.8) is 0 Å². The number of benzene rings is 1. The first kappa shape index (κ1) is 25.5. The lowest BCUT2D eigenvalue weighted by Gasteiger charge is -2.11. The predicted molar refractivity (Wildman–Crippen MR) is 128 cm³/mol. The summed E-state index contributed by atoms with van der Waals surface area (Å²) in [6.45, 7) is 1.10. The number of hydrogen-bond acceptors (Lipinski definition) is 9. The molecule has 0 fully saturated rings. The van der Waals surface area contributed by atoms with Crippen LogP contribution < -0.4 is 14.9 Å². The van der Waals surface area contributed by atoms with Gasteiger partial charge in [-0.1, -0.05) is 18.2 Å². The van der Waals surface area contributed by atoms with Crippen LogP contribution in [0.15, 0.2) is 74.4 Å². The van der Waals surface area contributed by atoms with Crippen molar-refractivity contribution in [2.45, 2.75) is 16.0 Å². The van der Waals surface area contributed by atoms with Gasteiger partial charge in [-0.25, -0.2) is 27.0 Å². The summed E-state index contributed by atoms with van der Waals surface area (Å²) in [5, 5.41) is 14.5. The molecule has 34 heavy (non-hydrogen) atoms. The smallest absolute Gasteiger partial charge is 0.273 e. The normalized spacial score (nSPS) is 12.4. The third kappa shape index (κ3) is 6.24. The van der Waals surface area contributed by atoms with E-state index in [1.807, 2.05) is 0 Å². The van der Waals surface area contributed by atoms with Crippen LogP contribution in [0.1, 0.15) is 22.8 Å². The number of aromatic nitrogens is 1. The van der Waals surface area contributed by atoms with Crippen LogP contribution in [0.25, 0.3) is 0 Å². The molecule has 0 aliphatic heterocycles. The zero-order valence-corrected chi connectivity index (χ0v) is 20.2. The quantitative estimate of drug-likeness (QED) is 0.230. The van der Waals surface area contributed by atoms with Crippen molar-refractivity contribution in [2.75, 3.05) is 17.9 Å². The second-order valence-corrected chi connectivity index (χ2v) is 11.4. The van der Waals surface area contributed by atoms with Gasteiger partial charge in [-0.15, -0.1) is 11.3 Å². The van der Waals surface area contributed by atoms with Gasteiger partial charge in [-0.3, -0.25) is 14.5 Å². The Bertz CT molecular complexity index is 1400. The lowest BCUT2D eigenvalue weighted by molar-refractivity contribution is 0.0955. The Kier molecular flexibility index (Phi) is 8.11. The van der Waals surface area contributed by atoms with E-state index in [9.17, 15) is 21.6 Å². The van der Waals surface area contributed by atoms with Crippen LogP contribution in [0.2, 0.25) is 0 Å². The van der Waals surface area contributed by atoms with Crippen molar-refractivity contribution in [1.29, 1.82) is 0 Å². The highest BCUT2D eigenvalue weighted by molar-refractivity contribution is 7.94. The van der Waals surface area contributed by atoms with E-state index in [2.05, 4.69) is 25.0 Å². The van der Waals surface area contributed by atoms with Gasteiger partial charge in [0.25, 0.3) is 15.9 Å². The minimum absolute atomic E-state index is 0.00351. The lowest BCUT2D eigenvalue weighted by atomic mass is 10.1. The number of aliphatic hydroxyl groups is 1. The standard InChI is InChI=1S/C20H21N5O6S3/c1-14(15-4-2-5-16(12-15)33(28,29)22-9-10-26)23-24-20(27)17-7-8-21-13-18(17)25-34(30,31)19-6-3-11-32-19/h2-8,11-13,22,25-26H,9-10H2,1H3,(H,24,27)/b23-14+. The maximum absolute atomic E-state index is 12.7. The Morgan fingerprint density at radius 3 is 2.62 bits per heavy atom. The van der Waals surface area contributed by atoms with Gasteiger partial charge in [0.15, 0.2) is 0 Å². The predicted octanol–water partition coefficient (Wildman–Crippen LogP) is 1.37. The Hall–Kier alpha value is -3.17. The molecule has 0 atom stereocenters. The monoisotopic (exact) mass is 523 g/mol. The van der Waals surface area contributed by atoms with Crippen LogP contribution >= 0.6 is 11.3 Å². The second-order valence-electron chi connectivity index (χ2n) is 6.75.